The molecule has 1 aliphatic heterocycles. The van der Waals surface area contributed by atoms with Crippen molar-refractivity contribution >= 4 is 11.5 Å². The zero-order chi connectivity index (χ0) is 13.1. The number of anilines is 1. The van der Waals surface area contributed by atoms with Crippen molar-refractivity contribution in [1.29, 1.82) is 0 Å². The van der Waals surface area contributed by atoms with E-state index in [1.165, 1.54) is 13.0 Å². The van der Waals surface area contributed by atoms with Crippen molar-refractivity contribution in [3.63, 3.8) is 0 Å². The van der Waals surface area contributed by atoms with Gasteiger partial charge in [0.05, 0.1) is 11.3 Å². The molecule has 2 rings (SSSR count). The van der Waals surface area contributed by atoms with Gasteiger partial charge in [-0.25, -0.2) is 4.39 Å². The smallest absolute Gasteiger partial charge is 0.164 e. The number of benzene rings is 1. The van der Waals surface area contributed by atoms with Gasteiger partial charge >= 0.3 is 0 Å². The van der Waals surface area contributed by atoms with E-state index in [0.29, 0.717) is 12.2 Å². The van der Waals surface area contributed by atoms with E-state index < -0.39 is 5.82 Å². The second kappa shape index (κ2) is 5.48. The molecular weight excluding hydrogens is 233 g/mol. The molecule has 1 fully saturated rings. The molecule has 0 radical (unpaired) electrons. The minimum Gasteiger partial charge on any atom is -0.396 e. The van der Waals surface area contributed by atoms with Gasteiger partial charge in [-0.3, -0.25) is 4.79 Å². The van der Waals surface area contributed by atoms with Gasteiger partial charge in [0.2, 0.25) is 0 Å². The maximum atomic E-state index is 13.7. The third-order valence-corrected chi connectivity index (χ3v) is 3.46. The fraction of sp³-hybridized carbons (Fsp3) is 0.500. The number of aliphatic hydroxyl groups is 1. The van der Waals surface area contributed by atoms with Gasteiger partial charge in [0.15, 0.2) is 5.78 Å². The molecule has 0 aliphatic carbocycles. The number of hydrogen-bond acceptors (Lipinski definition) is 3. The summed E-state index contributed by atoms with van der Waals surface area (Å²) < 4.78 is 13.7. The summed E-state index contributed by atoms with van der Waals surface area (Å²) in [5, 5.41) is 9.22. The fourth-order valence-electron chi connectivity index (χ4n) is 2.56. The second-order valence-electron chi connectivity index (χ2n) is 4.83. The molecule has 98 valence electrons. The first kappa shape index (κ1) is 13.0. The molecule has 1 saturated heterocycles. The predicted octanol–water partition coefficient (Wildman–Crippen LogP) is 2.24. The molecule has 1 aromatic carbocycles. The van der Waals surface area contributed by atoms with Crippen LogP contribution in [0.2, 0.25) is 0 Å². The van der Waals surface area contributed by atoms with E-state index in [-0.39, 0.29) is 23.9 Å². The van der Waals surface area contributed by atoms with Crippen LogP contribution in [0.4, 0.5) is 10.1 Å². The Morgan fingerprint density at radius 1 is 1.56 bits per heavy atom. The number of carbonyl (C=O) groups is 1. The molecule has 0 bridgehead atoms. The number of carbonyl (C=O) groups excluding carboxylic acids is 1. The lowest BCUT2D eigenvalue weighted by atomic mass is 9.97. The highest BCUT2D eigenvalue weighted by atomic mass is 19.1. The minimum atomic E-state index is -0.467. The lowest BCUT2D eigenvalue weighted by molar-refractivity contribution is 0.101. The average molecular weight is 251 g/mol. The van der Waals surface area contributed by atoms with E-state index in [1.807, 2.05) is 4.90 Å². The van der Waals surface area contributed by atoms with Crippen LogP contribution in [0.15, 0.2) is 18.2 Å². The molecule has 3 nitrogen and oxygen atoms in total. The molecule has 1 atom stereocenters. The molecule has 0 spiro atoms. The summed E-state index contributed by atoms with van der Waals surface area (Å²) in [5.74, 6) is -0.512. The van der Waals surface area contributed by atoms with Gasteiger partial charge in [-0.2, -0.15) is 0 Å². The van der Waals surface area contributed by atoms with Gasteiger partial charge < -0.3 is 10.0 Å². The normalized spacial score (nSPS) is 19.9. The first-order valence-corrected chi connectivity index (χ1v) is 6.28. The van der Waals surface area contributed by atoms with E-state index in [9.17, 15) is 14.3 Å². The molecule has 1 heterocycles. The number of Topliss-reactive ketones (excluding diaryl/α,β-unsaturated/α-hetero) is 1. The number of rotatable bonds is 3. The highest BCUT2D eigenvalue weighted by molar-refractivity contribution is 6.00. The summed E-state index contributed by atoms with van der Waals surface area (Å²) in [6.07, 6.45) is 1.94. The molecule has 4 heteroatoms. The summed E-state index contributed by atoms with van der Waals surface area (Å²) in [6, 6.07) is 4.72. The van der Waals surface area contributed by atoms with Crippen LogP contribution in [0, 0.1) is 11.7 Å². The molecule has 1 aliphatic rings. The number of nitrogens with zero attached hydrogens (tertiary/aromatic N) is 1. The van der Waals surface area contributed by atoms with Crippen LogP contribution < -0.4 is 4.90 Å². The number of ketones is 1. The quantitative estimate of drug-likeness (QED) is 0.837. The van der Waals surface area contributed by atoms with Gasteiger partial charge in [0.1, 0.15) is 5.82 Å². The molecular formula is C14H18FNO2. The molecule has 0 saturated carbocycles. The van der Waals surface area contributed by atoms with Crippen molar-refractivity contribution in [3.8, 4) is 0 Å². The first-order chi connectivity index (χ1) is 8.63. The fourth-order valence-corrected chi connectivity index (χ4v) is 2.56. The standard InChI is InChI=1S/C14H18FNO2/c1-10(18)14-12(15)5-2-6-13(14)16-7-3-4-11(8-16)9-17/h2,5-6,11,17H,3-4,7-9H2,1H3. The summed E-state index contributed by atoms with van der Waals surface area (Å²) >= 11 is 0. The Kier molecular flexibility index (Phi) is 3.97. The minimum absolute atomic E-state index is 0.140. The first-order valence-electron chi connectivity index (χ1n) is 6.28. The topological polar surface area (TPSA) is 40.5 Å². The second-order valence-corrected chi connectivity index (χ2v) is 4.83. The summed E-state index contributed by atoms with van der Waals surface area (Å²) in [4.78, 5) is 13.6. The van der Waals surface area contributed by atoms with Crippen LogP contribution in [0.25, 0.3) is 0 Å². The van der Waals surface area contributed by atoms with Crippen LogP contribution in [0.3, 0.4) is 0 Å². The molecule has 0 aromatic heterocycles. The third kappa shape index (κ3) is 2.53. The number of hydrogen-bond donors (Lipinski definition) is 1. The van der Waals surface area contributed by atoms with Crippen LogP contribution in [0.5, 0.6) is 0 Å². The maximum Gasteiger partial charge on any atom is 0.164 e. The predicted molar refractivity (Wildman–Crippen MR) is 68.4 cm³/mol. The van der Waals surface area contributed by atoms with Crippen molar-refractivity contribution in [2.45, 2.75) is 19.8 Å². The number of piperidine rings is 1. The molecule has 1 N–H and O–H groups in total. The summed E-state index contributed by atoms with van der Waals surface area (Å²) in [7, 11) is 0. The average Bonchev–Trinajstić information content (AvgIpc) is 2.38. The lowest BCUT2D eigenvalue weighted by Gasteiger charge is -2.34. The number of halogens is 1. The van der Waals surface area contributed by atoms with Gasteiger partial charge in [-0.15, -0.1) is 0 Å². The van der Waals surface area contributed by atoms with Gasteiger partial charge in [-0.05, 0) is 37.8 Å². The summed E-state index contributed by atoms with van der Waals surface area (Å²) in [6.45, 7) is 3.01. The Morgan fingerprint density at radius 2 is 2.33 bits per heavy atom. The van der Waals surface area contributed by atoms with Crippen molar-refractivity contribution in [2.75, 3.05) is 24.6 Å². The maximum absolute atomic E-state index is 13.7. The Labute approximate surface area is 106 Å². The van der Waals surface area contributed by atoms with E-state index in [0.717, 1.165) is 19.4 Å². The van der Waals surface area contributed by atoms with Crippen molar-refractivity contribution in [1.82, 2.24) is 0 Å². The molecule has 18 heavy (non-hydrogen) atoms. The molecule has 1 aromatic rings. The van der Waals surface area contributed by atoms with E-state index >= 15 is 0 Å². The van der Waals surface area contributed by atoms with Crippen LogP contribution in [-0.4, -0.2) is 30.6 Å². The highest BCUT2D eigenvalue weighted by Gasteiger charge is 2.23. The zero-order valence-corrected chi connectivity index (χ0v) is 10.5. The van der Waals surface area contributed by atoms with E-state index in [4.69, 9.17) is 0 Å². The van der Waals surface area contributed by atoms with E-state index in [1.54, 1.807) is 12.1 Å². The van der Waals surface area contributed by atoms with Gasteiger partial charge in [0, 0.05) is 19.7 Å². The van der Waals surface area contributed by atoms with Crippen LogP contribution in [0.1, 0.15) is 30.1 Å². The van der Waals surface area contributed by atoms with Gasteiger partial charge in [-0.1, -0.05) is 6.07 Å². The Morgan fingerprint density at radius 3 is 3.00 bits per heavy atom. The zero-order valence-electron chi connectivity index (χ0n) is 10.5. The van der Waals surface area contributed by atoms with Crippen molar-refractivity contribution in [2.24, 2.45) is 5.92 Å². The van der Waals surface area contributed by atoms with Gasteiger partial charge in [0.25, 0.3) is 0 Å². The van der Waals surface area contributed by atoms with Crippen LogP contribution in [-0.2, 0) is 0 Å². The Bertz CT molecular complexity index is 447. The summed E-state index contributed by atoms with van der Waals surface area (Å²) in [5.41, 5.74) is 0.816. The molecule has 1 unspecified atom stereocenters. The lowest BCUT2D eigenvalue weighted by Crippen LogP contribution is -2.37. The third-order valence-electron chi connectivity index (χ3n) is 3.46. The highest BCUT2D eigenvalue weighted by Crippen LogP contribution is 2.28. The Balaban J connectivity index is 2.32. The SMILES string of the molecule is CC(=O)c1c(F)cccc1N1CCCC(CO)C1. The monoisotopic (exact) mass is 251 g/mol. The largest absolute Gasteiger partial charge is 0.396 e. The van der Waals surface area contributed by atoms with Crippen molar-refractivity contribution in [3.05, 3.63) is 29.6 Å². The van der Waals surface area contributed by atoms with Crippen LogP contribution >= 0.6 is 0 Å². The van der Waals surface area contributed by atoms with E-state index in [2.05, 4.69) is 0 Å². The Hall–Kier alpha value is -1.42. The number of aliphatic hydroxyl groups excluding tert-OH is 1. The van der Waals surface area contributed by atoms with Crippen molar-refractivity contribution < 1.29 is 14.3 Å². The molecule has 0 amide bonds.